The molecule has 0 radical (unpaired) electrons. The van der Waals surface area contributed by atoms with Gasteiger partial charge in [-0.3, -0.25) is 14.5 Å². The van der Waals surface area contributed by atoms with E-state index in [1.54, 1.807) is 0 Å². The molecule has 17 heavy (non-hydrogen) atoms. The number of aliphatic hydroxyl groups is 1. The number of carbonyl (C=O) groups excluding carboxylic acids is 2. The van der Waals surface area contributed by atoms with Crippen molar-refractivity contribution in [1.29, 1.82) is 0 Å². The largest absolute Gasteiger partial charge is 0.394 e. The van der Waals surface area contributed by atoms with Gasteiger partial charge in [-0.15, -0.1) is 0 Å². The van der Waals surface area contributed by atoms with Gasteiger partial charge in [-0.2, -0.15) is 0 Å². The van der Waals surface area contributed by atoms with E-state index in [4.69, 9.17) is 0 Å². The Bertz CT molecular complexity index is 400. The molecule has 1 heterocycles. The van der Waals surface area contributed by atoms with Crippen LogP contribution in [0.5, 0.6) is 0 Å². The van der Waals surface area contributed by atoms with Crippen LogP contribution in [0.15, 0.2) is 30.3 Å². The molecule has 1 aromatic rings. The summed E-state index contributed by atoms with van der Waals surface area (Å²) in [7, 11) is 0. The van der Waals surface area contributed by atoms with Gasteiger partial charge in [0.1, 0.15) is 0 Å². The summed E-state index contributed by atoms with van der Waals surface area (Å²) in [6.07, 6.45) is 1.38. The summed E-state index contributed by atoms with van der Waals surface area (Å²) >= 11 is 0. The Balaban J connectivity index is 2.29. The number of imide groups is 1. The van der Waals surface area contributed by atoms with Gasteiger partial charge in [-0.05, 0) is 12.0 Å². The minimum Gasteiger partial charge on any atom is -0.394 e. The first kappa shape index (κ1) is 11.8. The van der Waals surface area contributed by atoms with E-state index in [0.717, 1.165) is 5.56 Å². The van der Waals surface area contributed by atoms with Gasteiger partial charge >= 0.3 is 0 Å². The lowest BCUT2D eigenvalue weighted by Crippen LogP contribution is -2.43. The molecular formula is C13H15NO3. The molecule has 4 heteroatoms. The number of hydrogen-bond donors (Lipinski definition) is 1. The number of carbonyl (C=O) groups is 2. The van der Waals surface area contributed by atoms with Crippen molar-refractivity contribution in [2.75, 3.05) is 6.61 Å². The Kier molecular flexibility index (Phi) is 3.54. The van der Waals surface area contributed by atoms with Crippen molar-refractivity contribution in [3.05, 3.63) is 35.9 Å². The molecule has 1 N–H and O–H groups in total. The van der Waals surface area contributed by atoms with E-state index in [1.807, 2.05) is 30.3 Å². The Labute approximate surface area is 99.9 Å². The summed E-state index contributed by atoms with van der Waals surface area (Å²) in [6.45, 7) is -0.235. The molecule has 0 saturated carbocycles. The summed E-state index contributed by atoms with van der Waals surface area (Å²) in [5, 5.41) is 9.42. The predicted octanol–water partition coefficient (Wildman–Crippen LogP) is 1.26. The second kappa shape index (κ2) is 5.10. The number of rotatable bonds is 3. The number of nitrogens with zero attached hydrogens (tertiary/aromatic N) is 1. The third-order valence-corrected chi connectivity index (χ3v) is 2.99. The van der Waals surface area contributed by atoms with Gasteiger partial charge in [0.05, 0.1) is 12.6 Å². The van der Waals surface area contributed by atoms with E-state index in [1.165, 1.54) is 4.90 Å². The highest BCUT2D eigenvalue weighted by Gasteiger charge is 2.32. The minimum atomic E-state index is -0.545. The average Bonchev–Trinajstić information content (AvgIpc) is 2.35. The minimum absolute atomic E-state index is 0.191. The molecule has 2 rings (SSSR count). The number of hydrogen-bond acceptors (Lipinski definition) is 3. The van der Waals surface area contributed by atoms with Crippen LogP contribution in [-0.2, 0) is 9.59 Å². The van der Waals surface area contributed by atoms with E-state index in [9.17, 15) is 14.7 Å². The van der Waals surface area contributed by atoms with Gasteiger partial charge in [-0.1, -0.05) is 30.3 Å². The van der Waals surface area contributed by atoms with Crippen LogP contribution in [-0.4, -0.2) is 28.4 Å². The first-order valence-electron chi connectivity index (χ1n) is 5.74. The van der Waals surface area contributed by atoms with Crippen molar-refractivity contribution in [1.82, 2.24) is 4.90 Å². The number of benzene rings is 1. The fourth-order valence-corrected chi connectivity index (χ4v) is 2.13. The molecule has 2 amide bonds. The van der Waals surface area contributed by atoms with Crippen LogP contribution in [0, 0.1) is 0 Å². The highest BCUT2D eigenvalue weighted by atomic mass is 16.3. The molecule has 1 aromatic carbocycles. The molecule has 0 spiro atoms. The van der Waals surface area contributed by atoms with Gasteiger partial charge in [0.2, 0.25) is 11.8 Å². The van der Waals surface area contributed by atoms with Crippen molar-refractivity contribution in [3.63, 3.8) is 0 Å². The molecule has 0 aromatic heterocycles. The molecule has 0 aliphatic carbocycles. The fraction of sp³-hybridized carbons (Fsp3) is 0.385. The first-order valence-corrected chi connectivity index (χ1v) is 5.74. The third-order valence-electron chi connectivity index (χ3n) is 2.99. The summed E-state index contributed by atoms with van der Waals surface area (Å²) in [5.41, 5.74) is 0.790. The van der Waals surface area contributed by atoms with Crippen LogP contribution in [0.3, 0.4) is 0 Å². The van der Waals surface area contributed by atoms with Crippen LogP contribution in [0.4, 0.5) is 0 Å². The van der Waals surface area contributed by atoms with Gasteiger partial charge in [0, 0.05) is 12.8 Å². The second-order valence-corrected chi connectivity index (χ2v) is 4.12. The fourth-order valence-electron chi connectivity index (χ4n) is 2.13. The number of aliphatic hydroxyl groups excluding tert-OH is 1. The zero-order valence-corrected chi connectivity index (χ0v) is 9.50. The predicted molar refractivity (Wildman–Crippen MR) is 62.0 cm³/mol. The number of likely N-dealkylation sites (tertiary alicyclic amines) is 1. The van der Waals surface area contributed by atoms with E-state index < -0.39 is 6.04 Å². The average molecular weight is 233 g/mol. The van der Waals surface area contributed by atoms with Gasteiger partial charge in [0.25, 0.3) is 0 Å². The Morgan fingerprint density at radius 2 is 1.71 bits per heavy atom. The Morgan fingerprint density at radius 1 is 1.12 bits per heavy atom. The quantitative estimate of drug-likeness (QED) is 0.799. The third kappa shape index (κ3) is 2.36. The second-order valence-electron chi connectivity index (χ2n) is 4.12. The number of piperidine rings is 1. The molecule has 1 aliphatic rings. The molecule has 90 valence electrons. The molecular weight excluding hydrogens is 218 g/mol. The van der Waals surface area contributed by atoms with E-state index in [2.05, 4.69) is 0 Å². The normalized spacial score (nSPS) is 18.3. The topological polar surface area (TPSA) is 57.6 Å². The molecule has 0 unspecified atom stereocenters. The Hall–Kier alpha value is -1.68. The highest BCUT2D eigenvalue weighted by molar-refractivity contribution is 5.98. The van der Waals surface area contributed by atoms with E-state index in [0.29, 0.717) is 19.3 Å². The van der Waals surface area contributed by atoms with Crippen molar-refractivity contribution in [3.8, 4) is 0 Å². The van der Waals surface area contributed by atoms with Gasteiger partial charge in [0.15, 0.2) is 0 Å². The molecule has 1 aliphatic heterocycles. The Morgan fingerprint density at radius 3 is 2.24 bits per heavy atom. The summed E-state index contributed by atoms with van der Waals surface area (Å²) < 4.78 is 0. The van der Waals surface area contributed by atoms with Crippen molar-refractivity contribution < 1.29 is 14.7 Å². The SMILES string of the molecule is O=C1CCCC(=O)N1[C@@H](CO)c1ccccc1. The lowest BCUT2D eigenvalue weighted by atomic mass is 10.0. The van der Waals surface area contributed by atoms with Crippen molar-refractivity contribution >= 4 is 11.8 Å². The molecule has 1 saturated heterocycles. The van der Waals surface area contributed by atoms with Crippen molar-refractivity contribution in [2.45, 2.75) is 25.3 Å². The maximum Gasteiger partial charge on any atom is 0.229 e. The maximum absolute atomic E-state index is 11.8. The summed E-state index contributed by atoms with van der Waals surface area (Å²) in [5.74, 6) is -0.381. The zero-order chi connectivity index (χ0) is 12.3. The van der Waals surface area contributed by atoms with Crippen LogP contribution in [0.25, 0.3) is 0 Å². The van der Waals surface area contributed by atoms with Crippen molar-refractivity contribution in [2.24, 2.45) is 0 Å². The van der Waals surface area contributed by atoms with E-state index in [-0.39, 0.29) is 18.4 Å². The first-order chi connectivity index (χ1) is 8.24. The summed E-state index contributed by atoms with van der Waals surface area (Å²) in [4.78, 5) is 24.8. The number of amides is 2. The molecule has 1 fully saturated rings. The monoisotopic (exact) mass is 233 g/mol. The van der Waals surface area contributed by atoms with Crippen LogP contribution in [0.2, 0.25) is 0 Å². The molecule has 1 atom stereocenters. The van der Waals surface area contributed by atoms with E-state index >= 15 is 0 Å². The maximum atomic E-state index is 11.8. The molecule has 0 bridgehead atoms. The zero-order valence-electron chi connectivity index (χ0n) is 9.50. The smallest absolute Gasteiger partial charge is 0.229 e. The molecule has 4 nitrogen and oxygen atoms in total. The van der Waals surface area contributed by atoms with Gasteiger partial charge in [-0.25, -0.2) is 0 Å². The van der Waals surface area contributed by atoms with Crippen LogP contribution < -0.4 is 0 Å². The standard InChI is InChI=1S/C13H15NO3/c15-9-11(10-5-2-1-3-6-10)14-12(16)7-4-8-13(14)17/h1-3,5-6,11,15H,4,7-9H2/t11-/m0/s1. The van der Waals surface area contributed by atoms with Crippen LogP contribution >= 0.6 is 0 Å². The highest BCUT2D eigenvalue weighted by Crippen LogP contribution is 2.25. The van der Waals surface area contributed by atoms with Crippen LogP contribution in [0.1, 0.15) is 30.9 Å². The lowest BCUT2D eigenvalue weighted by Gasteiger charge is -2.32. The summed E-state index contributed by atoms with van der Waals surface area (Å²) in [6, 6.07) is 8.61. The van der Waals surface area contributed by atoms with Gasteiger partial charge < -0.3 is 5.11 Å². The lowest BCUT2D eigenvalue weighted by molar-refractivity contribution is -0.152.